The Morgan fingerprint density at radius 2 is 1.59 bits per heavy atom. The van der Waals surface area contributed by atoms with Gasteiger partial charge in [0.15, 0.2) is 23.1 Å². The number of nitrogens with two attached hydrogens (primary N) is 2. The van der Waals surface area contributed by atoms with Crippen molar-refractivity contribution in [1.29, 1.82) is 0 Å². The summed E-state index contributed by atoms with van der Waals surface area (Å²) in [5.41, 5.74) is 7.52. The Bertz CT molecular complexity index is 1610. The third-order valence-electron chi connectivity index (χ3n) is 6.98. The topological polar surface area (TPSA) is 380 Å². The van der Waals surface area contributed by atoms with Crippen LogP contribution in [0, 0.1) is 0 Å². The lowest BCUT2D eigenvalue weighted by Gasteiger charge is -2.25. The van der Waals surface area contributed by atoms with Crippen molar-refractivity contribution in [2.45, 2.75) is 62.3 Å². The zero-order valence-electron chi connectivity index (χ0n) is 26.7. The molecule has 0 spiro atoms. The van der Waals surface area contributed by atoms with E-state index in [1.54, 1.807) is 5.32 Å². The molecule has 0 bridgehead atoms. The minimum Gasteiger partial charge on any atom is -0.504 e. The van der Waals surface area contributed by atoms with Crippen LogP contribution in [0.1, 0.15) is 44.1 Å². The first-order chi connectivity index (χ1) is 23.8. The summed E-state index contributed by atoms with van der Waals surface area (Å²) in [6.07, 6.45) is -2.34. The van der Waals surface area contributed by atoms with E-state index in [2.05, 4.69) is 15.6 Å². The van der Waals surface area contributed by atoms with Crippen LogP contribution in [0.5, 0.6) is 11.5 Å². The normalized spacial score (nSPS) is 17.0. The molecule has 1 aliphatic rings. The van der Waals surface area contributed by atoms with Crippen LogP contribution in [0.15, 0.2) is 28.9 Å². The number of ether oxygens (including phenoxy) is 1. The molecule has 1 aliphatic heterocycles. The van der Waals surface area contributed by atoms with Crippen molar-refractivity contribution in [3.05, 3.63) is 29.5 Å². The van der Waals surface area contributed by atoms with Gasteiger partial charge in [-0.15, -0.1) is 0 Å². The van der Waals surface area contributed by atoms with E-state index in [9.17, 15) is 58.8 Å². The Kier molecular flexibility index (Phi) is 14.7. The second-order valence-corrected chi connectivity index (χ2v) is 11.1. The van der Waals surface area contributed by atoms with E-state index in [1.165, 1.54) is 24.3 Å². The number of aliphatic imine (C=N–C) groups is 1. The predicted molar refractivity (Wildman–Crippen MR) is 169 cm³/mol. The van der Waals surface area contributed by atoms with Crippen molar-refractivity contribution in [2.24, 2.45) is 16.5 Å². The molecule has 0 aliphatic carbocycles. The van der Waals surface area contributed by atoms with E-state index in [1.807, 2.05) is 5.32 Å². The predicted octanol–water partition coefficient (Wildman–Crippen LogP) is -3.62. The second-order valence-electron chi connectivity index (χ2n) is 11.1. The molecular formula is C29H37N7O15. The number of carboxylic acid groups (broad SMARTS) is 4. The molecule has 14 N–H and O–H groups in total. The third kappa shape index (κ3) is 13.2. The van der Waals surface area contributed by atoms with E-state index < -0.39 is 109 Å². The number of guanidine groups is 1. The number of carboxylic acids is 4. The van der Waals surface area contributed by atoms with Gasteiger partial charge in [0.25, 0.3) is 5.91 Å². The number of aliphatic carboxylic acids is 4. The molecule has 1 fully saturated rings. The number of phenols is 1. The molecule has 1 aromatic carbocycles. The van der Waals surface area contributed by atoms with E-state index >= 15 is 0 Å². The van der Waals surface area contributed by atoms with Crippen LogP contribution in [0.25, 0.3) is 6.08 Å². The largest absolute Gasteiger partial charge is 0.504 e. The summed E-state index contributed by atoms with van der Waals surface area (Å²) in [7, 11) is 0. The smallest absolute Gasteiger partial charge is 0.336 e. The number of piperazine rings is 1. The molecule has 22 heteroatoms. The molecule has 4 unspecified atom stereocenters. The van der Waals surface area contributed by atoms with Gasteiger partial charge in [0, 0.05) is 13.0 Å². The Labute approximate surface area is 287 Å². The fourth-order valence-corrected chi connectivity index (χ4v) is 4.44. The van der Waals surface area contributed by atoms with Gasteiger partial charge in [-0.25, -0.2) is 14.4 Å². The lowest BCUT2D eigenvalue weighted by atomic mass is 9.94. The van der Waals surface area contributed by atoms with Gasteiger partial charge >= 0.3 is 23.9 Å². The standard InChI is InChI=1S/C29H37N7O15/c30-28(31)32-6-1-2-14-23(42)36-16(24(43)35-14)8-13-3-4-18(37)19(9-13)51-7-5-15(25(44)45)33-20(38)11-29(50,27(48)49)12-21(39)34-17(26(46)47)10-22(40)41/h3-4,8-9,14-15,17,37,50H,1-2,5-7,10-12H2,(H,33,38)(H,34,39)(H,35,43)(H,36,42)(H,40,41)(H,44,45)(H,46,47)(H,48,49)(H4,30,31,32). The van der Waals surface area contributed by atoms with Crippen LogP contribution < -0.4 is 37.5 Å². The summed E-state index contributed by atoms with van der Waals surface area (Å²) >= 11 is 0. The van der Waals surface area contributed by atoms with Gasteiger partial charge in [-0.1, -0.05) is 6.07 Å². The van der Waals surface area contributed by atoms with Crippen LogP contribution >= 0.6 is 0 Å². The van der Waals surface area contributed by atoms with Crippen molar-refractivity contribution < 1.29 is 73.7 Å². The van der Waals surface area contributed by atoms with Gasteiger partial charge in [0.2, 0.25) is 17.7 Å². The average Bonchev–Trinajstić information content (AvgIpc) is 3.01. The number of nitrogens with one attached hydrogen (secondary N) is 4. The number of hydrogen-bond acceptors (Lipinski definition) is 12. The summed E-state index contributed by atoms with van der Waals surface area (Å²) in [6, 6.07) is -0.706. The van der Waals surface area contributed by atoms with Crippen LogP contribution in [0.4, 0.5) is 0 Å². The molecule has 1 aromatic rings. The lowest BCUT2D eigenvalue weighted by Crippen LogP contribution is -2.54. The third-order valence-corrected chi connectivity index (χ3v) is 6.98. The molecule has 0 aromatic heterocycles. The highest BCUT2D eigenvalue weighted by Gasteiger charge is 2.42. The van der Waals surface area contributed by atoms with Gasteiger partial charge in [-0.05, 0) is 36.6 Å². The monoisotopic (exact) mass is 723 g/mol. The quantitative estimate of drug-likeness (QED) is 0.0267. The zero-order valence-corrected chi connectivity index (χ0v) is 26.7. The highest BCUT2D eigenvalue weighted by molar-refractivity contribution is 6.07. The minimum atomic E-state index is -3.15. The Morgan fingerprint density at radius 1 is 0.980 bits per heavy atom. The number of carbonyl (C=O) groups excluding carboxylic acids is 4. The summed E-state index contributed by atoms with van der Waals surface area (Å²) in [5, 5.41) is 66.2. The first kappa shape index (κ1) is 40.7. The van der Waals surface area contributed by atoms with Crippen LogP contribution in [0.2, 0.25) is 0 Å². The van der Waals surface area contributed by atoms with Crippen LogP contribution in [0.3, 0.4) is 0 Å². The number of carbonyl (C=O) groups is 8. The molecule has 51 heavy (non-hydrogen) atoms. The van der Waals surface area contributed by atoms with Gasteiger partial charge in [0.1, 0.15) is 23.8 Å². The molecule has 278 valence electrons. The van der Waals surface area contributed by atoms with E-state index in [-0.39, 0.29) is 35.9 Å². The fraction of sp³-hybridized carbons (Fsp3) is 0.414. The SMILES string of the molecule is NC(N)=NCCCC1NC(=O)C(=Cc2ccc(O)c(OCCC(NC(=O)CC(O)(CC(=O)NC(CC(=O)O)C(=O)O)C(=O)O)C(=O)O)c2)NC1=O. The van der Waals surface area contributed by atoms with Crippen molar-refractivity contribution in [2.75, 3.05) is 13.2 Å². The number of phenolic OH excluding ortho intramolecular Hbond substituents is 1. The first-order valence-corrected chi connectivity index (χ1v) is 14.9. The minimum absolute atomic E-state index is 0.107. The number of aromatic hydroxyl groups is 1. The number of benzene rings is 1. The maximum absolute atomic E-state index is 12.6. The number of nitrogens with zero attached hydrogens (tertiary/aromatic N) is 1. The molecule has 22 nitrogen and oxygen atoms in total. The van der Waals surface area contributed by atoms with Gasteiger partial charge in [-0.3, -0.25) is 29.0 Å². The summed E-state index contributed by atoms with van der Waals surface area (Å²) in [4.78, 5) is 99.1. The molecular weight excluding hydrogens is 686 g/mol. The van der Waals surface area contributed by atoms with E-state index in [4.69, 9.17) is 26.4 Å². The van der Waals surface area contributed by atoms with E-state index in [0.29, 0.717) is 6.42 Å². The fourth-order valence-electron chi connectivity index (χ4n) is 4.44. The Balaban J connectivity index is 2.02. The highest BCUT2D eigenvalue weighted by atomic mass is 16.5. The number of rotatable bonds is 20. The second kappa shape index (κ2) is 18.4. The van der Waals surface area contributed by atoms with Crippen molar-refractivity contribution in [3.63, 3.8) is 0 Å². The molecule has 4 atom stereocenters. The molecule has 1 saturated heterocycles. The molecule has 0 saturated carbocycles. The summed E-state index contributed by atoms with van der Waals surface area (Å²) < 4.78 is 5.44. The molecule has 2 rings (SSSR count). The van der Waals surface area contributed by atoms with Crippen LogP contribution in [-0.2, 0) is 38.4 Å². The average molecular weight is 724 g/mol. The number of amides is 4. The number of aliphatic hydroxyl groups is 1. The van der Waals surface area contributed by atoms with E-state index in [0.717, 1.165) is 0 Å². The van der Waals surface area contributed by atoms with Crippen LogP contribution in [-0.4, -0.2) is 121 Å². The lowest BCUT2D eigenvalue weighted by molar-refractivity contribution is -0.165. The number of hydrogen-bond donors (Lipinski definition) is 12. The van der Waals surface area contributed by atoms with Gasteiger partial charge in [-0.2, -0.15) is 0 Å². The molecule has 1 heterocycles. The van der Waals surface area contributed by atoms with Crippen molar-refractivity contribution in [1.82, 2.24) is 21.3 Å². The maximum Gasteiger partial charge on any atom is 0.336 e. The molecule has 4 amide bonds. The highest BCUT2D eigenvalue weighted by Crippen LogP contribution is 2.28. The van der Waals surface area contributed by atoms with Crippen molar-refractivity contribution >= 4 is 59.5 Å². The maximum atomic E-state index is 12.6. The summed E-state index contributed by atoms with van der Waals surface area (Å²) in [5.74, 6) is -11.6. The molecule has 0 radical (unpaired) electrons. The Hall–Kier alpha value is -6.45. The first-order valence-electron chi connectivity index (χ1n) is 14.9. The Morgan fingerprint density at radius 3 is 2.14 bits per heavy atom. The summed E-state index contributed by atoms with van der Waals surface area (Å²) in [6.45, 7) is -0.208. The zero-order chi connectivity index (χ0) is 38.5. The van der Waals surface area contributed by atoms with Gasteiger partial charge in [0.05, 0.1) is 25.9 Å². The van der Waals surface area contributed by atoms with Gasteiger partial charge < -0.3 is 68.1 Å². The van der Waals surface area contributed by atoms with Crippen molar-refractivity contribution in [3.8, 4) is 11.5 Å².